The van der Waals surface area contributed by atoms with Gasteiger partial charge in [-0.05, 0) is 24.1 Å². The Morgan fingerprint density at radius 1 is 1.32 bits per heavy atom. The highest BCUT2D eigenvalue weighted by Crippen LogP contribution is 2.23. The smallest absolute Gasteiger partial charge is 0.137 e. The lowest BCUT2D eigenvalue weighted by molar-refractivity contribution is 0.872. The molecule has 0 aliphatic rings. The molecule has 0 atom stereocenters. The topological polar surface area (TPSA) is 55.0 Å². The largest absolute Gasteiger partial charge is 0.383 e. The normalized spacial score (nSPS) is 10.5. The van der Waals surface area contributed by atoms with E-state index in [2.05, 4.69) is 49.9 Å². The first-order valence-electron chi connectivity index (χ1n) is 6.16. The van der Waals surface area contributed by atoms with Gasteiger partial charge in [-0.3, -0.25) is 0 Å². The van der Waals surface area contributed by atoms with Gasteiger partial charge in [0.2, 0.25) is 0 Å². The average Bonchev–Trinajstić information content (AvgIpc) is 2.38. The van der Waals surface area contributed by atoms with Crippen molar-refractivity contribution in [2.75, 3.05) is 17.7 Å². The Labute approximate surface area is 121 Å². The summed E-state index contributed by atoms with van der Waals surface area (Å²) in [6.07, 6.45) is 2.34. The van der Waals surface area contributed by atoms with E-state index in [1.54, 1.807) is 0 Å². The van der Waals surface area contributed by atoms with Crippen molar-refractivity contribution >= 4 is 27.6 Å². The summed E-state index contributed by atoms with van der Waals surface area (Å²) in [5, 5.41) is 0. The van der Waals surface area contributed by atoms with Gasteiger partial charge in [0, 0.05) is 23.6 Å². The summed E-state index contributed by atoms with van der Waals surface area (Å²) in [5.74, 6) is 1.46. The second-order valence-corrected chi connectivity index (χ2v) is 5.32. The molecule has 4 nitrogen and oxygen atoms in total. The van der Waals surface area contributed by atoms with E-state index in [9.17, 15) is 0 Å². The number of nitrogen functional groups attached to an aromatic ring is 1. The van der Waals surface area contributed by atoms with Gasteiger partial charge in [0.25, 0.3) is 0 Å². The van der Waals surface area contributed by atoms with Crippen LogP contribution >= 0.6 is 15.9 Å². The lowest BCUT2D eigenvalue weighted by Crippen LogP contribution is -2.20. The highest BCUT2D eigenvalue weighted by atomic mass is 79.9. The van der Waals surface area contributed by atoms with E-state index in [1.165, 1.54) is 11.9 Å². The van der Waals surface area contributed by atoms with Gasteiger partial charge >= 0.3 is 0 Å². The Hall–Kier alpha value is -1.62. The van der Waals surface area contributed by atoms with Gasteiger partial charge in [0.05, 0.1) is 0 Å². The van der Waals surface area contributed by atoms with E-state index < -0.39 is 0 Å². The van der Waals surface area contributed by atoms with Crippen molar-refractivity contribution in [3.63, 3.8) is 0 Å². The number of hydrogen-bond acceptors (Lipinski definition) is 4. The summed E-state index contributed by atoms with van der Waals surface area (Å²) in [6.45, 7) is 2.84. The fraction of sp³-hybridized carbons (Fsp3) is 0.286. The minimum atomic E-state index is 0.564. The second kappa shape index (κ2) is 6.02. The molecule has 2 N–H and O–H groups in total. The maximum Gasteiger partial charge on any atom is 0.137 e. The SMILES string of the molecule is CCc1c(N)ncnc1N(C)Cc1cccc(Br)c1. The maximum atomic E-state index is 5.90. The maximum absolute atomic E-state index is 5.90. The monoisotopic (exact) mass is 320 g/mol. The molecule has 2 aromatic rings. The fourth-order valence-corrected chi connectivity index (χ4v) is 2.52. The van der Waals surface area contributed by atoms with Crippen LogP contribution < -0.4 is 10.6 Å². The number of benzene rings is 1. The van der Waals surface area contributed by atoms with E-state index in [0.717, 1.165) is 28.8 Å². The Morgan fingerprint density at radius 3 is 2.79 bits per heavy atom. The molecule has 0 aliphatic heterocycles. The average molecular weight is 321 g/mol. The lowest BCUT2D eigenvalue weighted by atomic mass is 10.2. The van der Waals surface area contributed by atoms with E-state index in [4.69, 9.17) is 5.73 Å². The van der Waals surface area contributed by atoms with Crippen molar-refractivity contribution in [3.8, 4) is 0 Å². The van der Waals surface area contributed by atoms with Gasteiger partial charge in [-0.2, -0.15) is 0 Å². The first-order valence-corrected chi connectivity index (χ1v) is 6.96. The Kier molecular flexibility index (Phi) is 4.37. The van der Waals surface area contributed by atoms with Crippen LogP contribution in [0.5, 0.6) is 0 Å². The van der Waals surface area contributed by atoms with Crippen molar-refractivity contribution < 1.29 is 0 Å². The van der Waals surface area contributed by atoms with Crippen molar-refractivity contribution in [1.29, 1.82) is 0 Å². The highest BCUT2D eigenvalue weighted by molar-refractivity contribution is 9.10. The highest BCUT2D eigenvalue weighted by Gasteiger charge is 2.11. The molecule has 0 unspecified atom stereocenters. The number of nitrogens with two attached hydrogens (primary N) is 1. The lowest BCUT2D eigenvalue weighted by Gasteiger charge is -2.21. The third-order valence-corrected chi connectivity index (χ3v) is 3.47. The van der Waals surface area contributed by atoms with Crippen LogP contribution in [0.1, 0.15) is 18.1 Å². The van der Waals surface area contributed by atoms with Crippen LogP contribution in [0.15, 0.2) is 35.1 Å². The van der Waals surface area contributed by atoms with Crippen molar-refractivity contribution in [1.82, 2.24) is 9.97 Å². The van der Waals surface area contributed by atoms with Gasteiger partial charge in [0.1, 0.15) is 18.0 Å². The van der Waals surface area contributed by atoms with Gasteiger partial charge in [0.15, 0.2) is 0 Å². The third-order valence-electron chi connectivity index (χ3n) is 2.98. The zero-order valence-electron chi connectivity index (χ0n) is 11.1. The van der Waals surface area contributed by atoms with Gasteiger partial charge in [-0.15, -0.1) is 0 Å². The first-order chi connectivity index (χ1) is 9.11. The number of aromatic nitrogens is 2. The molecule has 0 fully saturated rings. The van der Waals surface area contributed by atoms with Crippen LogP contribution in [-0.4, -0.2) is 17.0 Å². The molecular weight excluding hydrogens is 304 g/mol. The molecule has 5 heteroatoms. The Morgan fingerprint density at radius 2 is 2.11 bits per heavy atom. The molecular formula is C14H17BrN4. The summed E-state index contributed by atoms with van der Waals surface area (Å²) in [6, 6.07) is 8.25. The van der Waals surface area contributed by atoms with Crippen LogP contribution in [0.4, 0.5) is 11.6 Å². The first kappa shape index (κ1) is 13.8. The number of halogens is 1. The van der Waals surface area contributed by atoms with Crippen LogP contribution in [0.25, 0.3) is 0 Å². The summed E-state index contributed by atoms with van der Waals surface area (Å²) in [4.78, 5) is 10.5. The summed E-state index contributed by atoms with van der Waals surface area (Å²) in [5.41, 5.74) is 8.12. The second-order valence-electron chi connectivity index (χ2n) is 4.40. The molecule has 0 radical (unpaired) electrons. The minimum absolute atomic E-state index is 0.564. The molecule has 1 aromatic heterocycles. The van der Waals surface area contributed by atoms with Crippen LogP contribution in [0, 0.1) is 0 Å². The van der Waals surface area contributed by atoms with Gasteiger partial charge in [-0.25, -0.2) is 9.97 Å². The fourth-order valence-electron chi connectivity index (χ4n) is 2.07. The molecule has 1 heterocycles. The summed E-state index contributed by atoms with van der Waals surface area (Å²) in [7, 11) is 2.02. The molecule has 19 heavy (non-hydrogen) atoms. The zero-order valence-corrected chi connectivity index (χ0v) is 12.7. The standard InChI is InChI=1S/C14H17BrN4/c1-3-12-13(16)17-9-18-14(12)19(2)8-10-5-4-6-11(15)7-10/h4-7,9H,3,8H2,1-2H3,(H2,16,17,18). The number of anilines is 2. The molecule has 0 aliphatic carbocycles. The van der Waals surface area contributed by atoms with Crippen LogP contribution in [-0.2, 0) is 13.0 Å². The predicted octanol–water partition coefficient (Wildman–Crippen LogP) is 3.02. The predicted molar refractivity (Wildman–Crippen MR) is 82.1 cm³/mol. The molecule has 0 saturated heterocycles. The van der Waals surface area contributed by atoms with E-state index in [0.29, 0.717) is 5.82 Å². The van der Waals surface area contributed by atoms with Crippen LogP contribution in [0.3, 0.4) is 0 Å². The molecule has 0 saturated carbocycles. The van der Waals surface area contributed by atoms with E-state index >= 15 is 0 Å². The molecule has 2 rings (SSSR count). The van der Waals surface area contributed by atoms with E-state index in [1.807, 2.05) is 19.2 Å². The van der Waals surface area contributed by atoms with Crippen molar-refractivity contribution in [2.45, 2.75) is 19.9 Å². The number of nitrogens with zero attached hydrogens (tertiary/aromatic N) is 3. The zero-order chi connectivity index (χ0) is 13.8. The molecule has 0 spiro atoms. The summed E-state index contributed by atoms with van der Waals surface area (Å²) >= 11 is 3.48. The molecule has 1 aromatic carbocycles. The minimum Gasteiger partial charge on any atom is -0.383 e. The third kappa shape index (κ3) is 3.23. The number of hydrogen-bond donors (Lipinski definition) is 1. The van der Waals surface area contributed by atoms with Crippen molar-refractivity contribution in [2.24, 2.45) is 0 Å². The molecule has 0 amide bonds. The van der Waals surface area contributed by atoms with Crippen LogP contribution in [0.2, 0.25) is 0 Å². The summed E-state index contributed by atoms with van der Waals surface area (Å²) < 4.78 is 1.08. The molecule has 0 bridgehead atoms. The van der Waals surface area contributed by atoms with Gasteiger partial charge < -0.3 is 10.6 Å². The molecule has 100 valence electrons. The quantitative estimate of drug-likeness (QED) is 0.940. The van der Waals surface area contributed by atoms with Crippen molar-refractivity contribution in [3.05, 3.63) is 46.2 Å². The Balaban J connectivity index is 2.25. The van der Waals surface area contributed by atoms with E-state index in [-0.39, 0.29) is 0 Å². The number of rotatable bonds is 4. The van der Waals surface area contributed by atoms with Gasteiger partial charge in [-0.1, -0.05) is 35.0 Å². The Bertz CT molecular complexity index is 571.